The zero-order valence-electron chi connectivity index (χ0n) is 14.5. The topological polar surface area (TPSA) is 80.3 Å². The SMILES string of the molecule is CCCS(=O)(=O)NC[C@H](c1cccs1)S(=O)(=O)c1cc(C)ccc1C. The molecule has 0 spiro atoms. The second kappa shape index (κ2) is 7.99. The lowest BCUT2D eigenvalue weighted by Crippen LogP contribution is -2.33. The molecule has 0 amide bonds. The molecule has 8 heteroatoms. The fraction of sp³-hybridized carbons (Fsp3) is 0.412. The number of benzene rings is 1. The molecular formula is C17H23NO4S3. The molecule has 0 fully saturated rings. The van der Waals surface area contributed by atoms with Gasteiger partial charge in [-0.1, -0.05) is 25.1 Å². The first kappa shape index (κ1) is 20.1. The number of rotatable bonds is 8. The van der Waals surface area contributed by atoms with Gasteiger partial charge in [-0.2, -0.15) is 0 Å². The molecule has 138 valence electrons. The average Bonchev–Trinajstić information content (AvgIpc) is 3.03. The van der Waals surface area contributed by atoms with E-state index in [1.165, 1.54) is 11.3 Å². The van der Waals surface area contributed by atoms with Crippen molar-refractivity contribution >= 4 is 31.2 Å². The Bertz CT molecular complexity index is 917. The minimum absolute atomic E-state index is 0.0202. The summed E-state index contributed by atoms with van der Waals surface area (Å²) in [5, 5.41) is 0.848. The maximum atomic E-state index is 13.3. The maximum absolute atomic E-state index is 13.3. The van der Waals surface area contributed by atoms with Crippen LogP contribution in [0.1, 0.15) is 34.6 Å². The van der Waals surface area contributed by atoms with Crippen molar-refractivity contribution in [2.45, 2.75) is 37.3 Å². The molecule has 25 heavy (non-hydrogen) atoms. The molecule has 0 saturated carbocycles. The number of nitrogens with one attached hydrogen (secondary N) is 1. The summed E-state index contributed by atoms with van der Waals surface area (Å²) in [4.78, 5) is 0.876. The molecule has 1 aromatic heterocycles. The molecule has 1 N–H and O–H groups in total. The zero-order chi connectivity index (χ0) is 18.7. The Labute approximate surface area is 154 Å². The summed E-state index contributed by atoms with van der Waals surface area (Å²) in [7, 11) is -7.22. The van der Waals surface area contributed by atoms with E-state index in [1.807, 2.05) is 13.0 Å². The van der Waals surface area contributed by atoms with Gasteiger partial charge in [-0.25, -0.2) is 21.6 Å². The fourth-order valence-corrected chi connectivity index (χ4v) is 6.87. The van der Waals surface area contributed by atoms with Crippen molar-refractivity contribution in [3.8, 4) is 0 Å². The summed E-state index contributed by atoms with van der Waals surface area (Å²) < 4.78 is 52.9. The van der Waals surface area contributed by atoms with Crippen molar-refractivity contribution in [3.63, 3.8) is 0 Å². The zero-order valence-corrected chi connectivity index (χ0v) is 17.0. The summed E-state index contributed by atoms with van der Waals surface area (Å²) in [6, 6.07) is 8.78. The van der Waals surface area contributed by atoms with Gasteiger partial charge in [0, 0.05) is 11.4 Å². The van der Waals surface area contributed by atoms with Crippen LogP contribution in [0.4, 0.5) is 0 Å². The number of hydrogen-bond acceptors (Lipinski definition) is 5. The molecule has 1 atom stereocenters. The van der Waals surface area contributed by atoms with Gasteiger partial charge in [0.1, 0.15) is 5.25 Å². The standard InChI is InChI=1S/C17H23NO4S3/c1-4-10-24(19,20)18-12-17(15-6-5-9-23-15)25(21,22)16-11-13(2)7-8-14(16)3/h5-9,11,17-18H,4,10,12H2,1-3H3/t17-/m1/s1. The smallest absolute Gasteiger partial charge is 0.211 e. The van der Waals surface area contributed by atoms with Gasteiger partial charge in [-0.3, -0.25) is 0 Å². The van der Waals surface area contributed by atoms with Gasteiger partial charge in [0.05, 0.1) is 10.6 Å². The van der Waals surface area contributed by atoms with Crippen molar-refractivity contribution in [3.05, 3.63) is 51.7 Å². The van der Waals surface area contributed by atoms with Gasteiger partial charge in [-0.15, -0.1) is 11.3 Å². The summed E-state index contributed by atoms with van der Waals surface area (Å²) >= 11 is 1.31. The van der Waals surface area contributed by atoms with Gasteiger partial charge >= 0.3 is 0 Å². The highest BCUT2D eigenvalue weighted by Gasteiger charge is 2.32. The monoisotopic (exact) mass is 401 g/mol. The van der Waals surface area contributed by atoms with Crippen molar-refractivity contribution < 1.29 is 16.8 Å². The molecule has 5 nitrogen and oxygen atoms in total. The predicted octanol–water partition coefficient (Wildman–Crippen LogP) is 3.21. The lowest BCUT2D eigenvalue weighted by Gasteiger charge is -2.19. The van der Waals surface area contributed by atoms with Crippen LogP contribution in [0.15, 0.2) is 40.6 Å². The molecule has 0 bridgehead atoms. The summed E-state index contributed by atoms with van der Waals surface area (Å²) in [5.74, 6) is -0.0202. The van der Waals surface area contributed by atoms with Crippen molar-refractivity contribution in [1.82, 2.24) is 4.72 Å². The fourth-order valence-electron chi connectivity index (χ4n) is 2.55. The van der Waals surface area contributed by atoms with Crippen LogP contribution in [0.2, 0.25) is 0 Å². The first-order chi connectivity index (χ1) is 11.7. The normalized spacial score (nSPS) is 13.7. The van der Waals surface area contributed by atoms with E-state index >= 15 is 0 Å². The van der Waals surface area contributed by atoms with E-state index in [2.05, 4.69) is 4.72 Å². The van der Waals surface area contributed by atoms with E-state index in [0.717, 1.165) is 5.56 Å². The van der Waals surface area contributed by atoms with E-state index in [-0.39, 0.29) is 17.2 Å². The van der Waals surface area contributed by atoms with E-state index in [0.29, 0.717) is 16.9 Å². The minimum atomic E-state index is -3.73. The van der Waals surface area contributed by atoms with E-state index in [4.69, 9.17) is 0 Å². The quantitative estimate of drug-likeness (QED) is 0.736. The lowest BCUT2D eigenvalue weighted by molar-refractivity contribution is 0.568. The predicted molar refractivity (Wildman–Crippen MR) is 102 cm³/mol. The van der Waals surface area contributed by atoms with Crippen LogP contribution in [0, 0.1) is 13.8 Å². The maximum Gasteiger partial charge on any atom is 0.211 e. The molecule has 2 aromatic rings. The van der Waals surface area contributed by atoms with E-state index in [9.17, 15) is 16.8 Å². The van der Waals surface area contributed by atoms with Gasteiger partial charge in [0.15, 0.2) is 9.84 Å². The lowest BCUT2D eigenvalue weighted by atomic mass is 10.2. The van der Waals surface area contributed by atoms with E-state index in [1.54, 1.807) is 43.5 Å². The van der Waals surface area contributed by atoms with Crippen LogP contribution in [-0.2, 0) is 19.9 Å². The minimum Gasteiger partial charge on any atom is -0.223 e. The second-order valence-corrected chi connectivity index (χ2v) is 11.0. The van der Waals surface area contributed by atoms with Gasteiger partial charge < -0.3 is 0 Å². The second-order valence-electron chi connectivity index (χ2n) is 5.99. The third-order valence-electron chi connectivity index (χ3n) is 3.85. The first-order valence-corrected chi connectivity index (χ1v) is 12.1. The molecule has 0 aliphatic rings. The highest BCUT2D eigenvalue weighted by molar-refractivity contribution is 7.92. The van der Waals surface area contributed by atoms with Crippen LogP contribution in [-0.4, -0.2) is 29.1 Å². The van der Waals surface area contributed by atoms with Crippen LogP contribution in [0.5, 0.6) is 0 Å². The Kier molecular flexibility index (Phi) is 6.42. The van der Waals surface area contributed by atoms with Gasteiger partial charge in [0.25, 0.3) is 0 Å². The molecule has 0 saturated heterocycles. The molecule has 0 aliphatic carbocycles. The Morgan fingerprint density at radius 1 is 1.12 bits per heavy atom. The Hall–Kier alpha value is -1.22. The average molecular weight is 402 g/mol. The van der Waals surface area contributed by atoms with Crippen molar-refractivity contribution in [1.29, 1.82) is 0 Å². The third-order valence-corrected chi connectivity index (χ3v) is 8.76. The van der Waals surface area contributed by atoms with Crippen molar-refractivity contribution in [2.75, 3.05) is 12.3 Å². The molecular weight excluding hydrogens is 378 g/mol. The largest absolute Gasteiger partial charge is 0.223 e. The molecule has 0 unspecified atom stereocenters. The summed E-state index contributed by atoms with van der Waals surface area (Å²) in [6.45, 7) is 5.18. The third kappa shape index (κ3) is 4.91. The summed E-state index contributed by atoms with van der Waals surface area (Å²) in [5.41, 5.74) is 1.50. The number of thiophene rings is 1. The molecule has 0 aliphatic heterocycles. The number of sulfonamides is 1. The van der Waals surface area contributed by atoms with Crippen LogP contribution in [0.25, 0.3) is 0 Å². The Morgan fingerprint density at radius 2 is 1.84 bits per heavy atom. The molecule has 1 aromatic carbocycles. The van der Waals surface area contributed by atoms with Gasteiger partial charge in [0.2, 0.25) is 10.0 Å². The molecule has 1 heterocycles. The number of sulfone groups is 1. The van der Waals surface area contributed by atoms with Crippen molar-refractivity contribution in [2.24, 2.45) is 0 Å². The Balaban J connectivity index is 2.44. The van der Waals surface area contributed by atoms with Crippen LogP contribution >= 0.6 is 11.3 Å². The number of hydrogen-bond donors (Lipinski definition) is 1. The highest BCUT2D eigenvalue weighted by atomic mass is 32.2. The summed E-state index contributed by atoms with van der Waals surface area (Å²) in [6.07, 6.45) is 0.475. The molecule has 0 radical (unpaired) electrons. The Morgan fingerprint density at radius 3 is 2.44 bits per heavy atom. The highest BCUT2D eigenvalue weighted by Crippen LogP contribution is 2.33. The first-order valence-electron chi connectivity index (χ1n) is 7.99. The van der Waals surface area contributed by atoms with Gasteiger partial charge in [-0.05, 0) is 48.9 Å². The molecule has 2 rings (SSSR count). The number of aryl methyl sites for hydroxylation is 2. The van der Waals surface area contributed by atoms with E-state index < -0.39 is 25.1 Å². The van der Waals surface area contributed by atoms with Crippen LogP contribution < -0.4 is 4.72 Å². The van der Waals surface area contributed by atoms with Crippen LogP contribution in [0.3, 0.4) is 0 Å².